The monoisotopic (exact) mass is 524 g/mol. The van der Waals surface area contributed by atoms with E-state index in [1.807, 2.05) is 0 Å². The molecule has 0 unspecified atom stereocenters. The Kier molecular flexibility index (Phi) is 6.73. The van der Waals surface area contributed by atoms with Crippen LogP contribution in [-0.4, -0.2) is 5.78 Å². The number of halogens is 7. The van der Waals surface area contributed by atoms with Gasteiger partial charge in [0, 0.05) is 22.3 Å². The van der Waals surface area contributed by atoms with E-state index < -0.39 is 39.9 Å². The predicted molar refractivity (Wildman–Crippen MR) is 127 cm³/mol. The van der Waals surface area contributed by atoms with Gasteiger partial charge < -0.3 is 0 Å². The van der Waals surface area contributed by atoms with Crippen LogP contribution in [0.1, 0.15) is 15.9 Å². The SMILES string of the molecule is O=C(c1ccccc1)c1c(-c2ccc(Cl)c(Cl)c2)c(F)c(F)c(F)c1-c1ccc(Cl)c(Cl)c1. The summed E-state index contributed by atoms with van der Waals surface area (Å²) in [6.45, 7) is 0. The Balaban J connectivity index is 2.15. The van der Waals surface area contributed by atoms with Gasteiger partial charge in [0.1, 0.15) is 0 Å². The molecule has 0 amide bonds. The minimum atomic E-state index is -1.75. The summed E-state index contributed by atoms with van der Waals surface area (Å²) in [6, 6.07) is 15.9. The molecule has 0 aliphatic carbocycles. The third kappa shape index (κ3) is 4.36. The fraction of sp³-hybridized carbons (Fsp3) is 0. The molecule has 4 aromatic carbocycles. The first kappa shape index (κ1) is 23.7. The van der Waals surface area contributed by atoms with Crippen LogP contribution < -0.4 is 0 Å². The molecule has 0 saturated heterocycles. The fourth-order valence-electron chi connectivity index (χ4n) is 3.47. The first-order valence-corrected chi connectivity index (χ1v) is 10.9. The highest BCUT2D eigenvalue weighted by atomic mass is 35.5. The van der Waals surface area contributed by atoms with Gasteiger partial charge in [-0.2, -0.15) is 0 Å². The molecule has 0 aromatic heterocycles. The van der Waals surface area contributed by atoms with Crippen molar-refractivity contribution in [2.75, 3.05) is 0 Å². The fourth-order valence-corrected chi connectivity index (χ4v) is 4.06. The second-order valence-corrected chi connectivity index (χ2v) is 8.65. The second-order valence-electron chi connectivity index (χ2n) is 7.02. The highest BCUT2D eigenvalue weighted by molar-refractivity contribution is 6.42. The van der Waals surface area contributed by atoms with Gasteiger partial charge in [-0.05, 0) is 35.4 Å². The third-order valence-corrected chi connectivity index (χ3v) is 6.48. The normalized spacial score (nSPS) is 11.0. The topological polar surface area (TPSA) is 17.1 Å². The van der Waals surface area contributed by atoms with Crippen LogP contribution in [0.4, 0.5) is 13.2 Å². The number of carbonyl (C=O) groups is 1. The molecule has 0 heterocycles. The van der Waals surface area contributed by atoms with Crippen LogP contribution >= 0.6 is 46.4 Å². The van der Waals surface area contributed by atoms with Gasteiger partial charge >= 0.3 is 0 Å². The Labute approximate surface area is 207 Å². The maximum absolute atomic E-state index is 15.3. The first-order chi connectivity index (χ1) is 15.7. The number of ketones is 1. The average molecular weight is 526 g/mol. The Bertz CT molecular complexity index is 1330. The van der Waals surface area contributed by atoms with Crippen LogP contribution in [0.25, 0.3) is 22.3 Å². The maximum atomic E-state index is 15.3. The van der Waals surface area contributed by atoms with Crippen LogP contribution in [0.3, 0.4) is 0 Å². The molecule has 33 heavy (non-hydrogen) atoms. The summed E-state index contributed by atoms with van der Waals surface area (Å²) in [4.78, 5) is 13.6. The van der Waals surface area contributed by atoms with Crippen molar-refractivity contribution in [3.8, 4) is 22.3 Å². The summed E-state index contributed by atoms with van der Waals surface area (Å²) < 4.78 is 45.4. The van der Waals surface area contributed by atoms with Crippen molar-refractivity contribution in [2.24, 2.45) is 0 Å². The van der Waals surface area contributed by atoms with Crippen molar-refractivity contribution >= 4 is 52.2 Å². The molecule has 0 aliphatic heterocycles. The summed E-state index contributed by atoms with van der Waals surface area (Å²) in [5.41, 5.74) is -1.08. The zero-order valence-electron chi connectivity index (χ0n) is 16.4. The summed E-state index contributed by atoms with van der Waals surface area (Å²) >= 11 is 24.1. The summed E-state index contributed by atoms with van der Waals surface area (Å²) in [6.07, 6.45) is 0. The third-order valence-electron chi connectivity index (χ3n) is 5.00. The molecule has 4 rings (SSSR count). The van der Waals surface area contributed by atoms with Crippen LogP contribution in [0.5, 0.6) is 0 Å². The molecule has 0 saturated carbocycles. The van der Waals surface area contributed by atoms with E-state index in [2.05, 4.69) is 0 Å². The highest BCUT2D eigenvalue weighted by Gasteiger charge is 2.31. The van der Waals surface area contributed by atoms with E-state index >= 15 is 8.78 Å². The lowest BCUT2D eigenvalue weighted by Gasteiger charge is -2.18. The van der Waals surface area contributed by atoms with Gasteiger partial charge in [0.05, 0.1) is 20.1 Å². The predicted octanol–water partition coefficient (Wildman–Crippen LogP) is 9.28. The van der Waals surface area contributed by atoms with E-state index in [4.69, 9.17) is 46.4 Å². The van der Waals surface area contributed by atoms with E-state index in [-0.39, 0.29) is 36.8 Å². The smallest absolute Gasteiger partial charge is 0.195 e. The molecular formula is C25H11Cl4F3O. The molecule has 0 radical (unpaired) electrons. The van der Waals surface area contributed by atoms with Gasteiger partial charge in [0.15, 0.2) is 23.2 Å². The van der Waals surface area contributed by atoms with Crippen molar-refractivity contribution < 1.29 is 18.0 Å². The van der Waals surface area contributed by atoms with Gasteiger partial charge in [-0.3, -0.25) is 4.79 Å². The second kappa shape index (κ2) is 9.40. The van der Waals surface area contributed by atoms with Crippen molar-refractivity contribution in [3.63, 3.8) is 0 Å². The van der Waals surface area contributed by atoms with Crippen LogP contribution in [0.15, 0.2) is 66.7 Å². The molecule has 0 spiro atoms. The number of carbonyl (C=O) groups excluding carboxylic acids is 1. The number of hydrogen-bond donors (Lipinski definition) is 0. The molecule has 4 aromatic rings. The van der Waals surface area contributed by atoms with E-state index in [0.29, 0.717) is 0 Å². The molecule has 0 fully saturated rings. The van der Waals surface area contributed by atoms with Crippen LogP contribution in [0, 0.1) is 17.5 Å². The van der Waals surface area contributed by atoms with Gasteiger partial charge in [-0.25, -0.2) is 13.2 Å². The first-order valence-electron chi connectivity index (χ1n) is 9.41. The highest BCUT2D eigenvalue weighted by Crippen LogP contribution is 2.42. The van der Waals surface area contributed by atoms with Gasteiger partial charge in [-0.15, -0.1) is 0 Å². The van der Waals surface area contributed by atoms with Gasteiger partial charge in [0.2, 0.25) is 0 Å². The summed E-state index contributed by atoms with van der Waals surface area (Å²) in [5, 5.41) is 0.438. The average Bonchev–Trinajstić information content (AvgIpc) is 2.81. The molecule has 0 aliphatic rings. The minimum Gasteiger partial charge on any atom is -0.289 e. The number of hydrogen-bond acceptors (Lipinski definition) is 1. The summed E-state index contributed by atoms with van der Waals surface area (Å²) in [5.74, 6) is -5.54. The zero-order chi connectivity index (χ0) is 23.9. The Hall–Kier alpha value is -2.50. The summed E-state index contributed by atoms with van der Waals surface area (Å²) in [7, 11) is 0. The van der Waals surface area contributed by atoms with Crippen LogP contribution in [-0.2, 0) is 0 Å². The van der Waals surface area contributed by atoms with E-state index in [1.165, 1.54) is 48.5 Å². The Morgan fingerprint density at radius 1 is 0.576 bits per heavy atom. The van der Waals surface area contributed by atoms with Gasteiger partial charge in [-0.1, -0.05) is 88.9 Å². The number of rotatable bonds is 4. The van der Waals surface area contributed by atoms with Crippen LogP contribution in [0.2, 0.25) is 20.1 Å². The molecule has 166 valence electrons. The molecule has 0 atom stereocenters. The Morgan fingerprint density at radius 2 is 1.03 bits per heavy atom. The molecule has 0 N–H and O–H groups in total. The lowest BCUT2D eigenvalue weighted by Crippen LogP contribution is -2.12. The molecule has 8 heteroatoms. The van der Waals surface area contributed by atoms with Crippen molar-refractivity contribution in [3.05, 3.63) is 115 Å². The zero-order valence-corrected chi connectivity index (χ0v) is 19.4. The van der Waals surface area contributed by atoms with E-state index in [0.717, 1.165) is 0 Å². The largest absolute Gasteiger partial charge is 0.289 e. The lowest BCUT2D eigenvalue weighted by atomic mass is 9.86. The standard InChI is InChI=1S/C25H11Cl4F3O/c26-15-8-6-13(10-17(15)28)19-21(25(33)12-4-2-1-3-5-12)20(23(31)24(32)22(19)30)14-7-9-16(27)18(29)11-14/h1-11H. The van der Waals surface area contributed by atoms with Crippen molar-refractivity contribution in [2.45, 2.75) is 0 Å². The Morgan fingerprint density at radius 3 is 1.45 bits per heavy atom. The molecule has 1 nitrogen and oxygen atoms in total. The van der Waals surface area contributed by atoms with Crippen molar-refractivity contribution in [1.29, 1.82) is 0 Å². The van der Waals surface area contributed by atoms with Crippen molar-refractivity contribution in [1.82, 2.24) is 0 Å². The maximum Gasteiger partial charge on any atom is 0.195 e. The molecule has 0 bridgehead atoms. The quantitative estimate of drug-likeness (QED) is 0.191. The van der Waals surface area contributed by atoms with E-state index in [9.17, 15) is 9.18 Å². The minimum absolute atomic E-state index is 0.0430. The lowest BCUT2D eigenvalue weighted by molar-refractivity contribution is 0.103. The van der Waals surface area contributed by atoms with E-state index in [1.54, 1.807) is 18.2 Å². The van der Waals surface area contributed by atoms with Gasteiger partial charge in [0.25, 0.3) is 0 Å². The molecular weight excluding hydrogens is 515 g/mol. The number of benzene rings is 4.